The molecule has 1 heterocycles. The lowest BCUT2D eigenvalue weighted by Crippen LogP contribution is -2.31. The summed E-state index contributed by atoms with van der Waals surface area (Å²) in [5, 5.41) is 18.9. The summed E-state index contributed by atoms with van der Waals surface area (Å²) in [6.07, 6.45) is 0.775. The van der Waals surface area contributed by atoms with Crippen LogP contribution in [0.5, 0.6) is 5.75 Å². The van der Waals surface area contributed by atoms with Crippen LogP contribution in [0.2, 0.25) is 0 Å². The van der Waals surface area contributed by atoms with Gasteiger partial charge in [0.15, 0.2) is 5.56 Å². The van der Waals surface area contributed by atoms with Crippen LogP contribution in [0.4, 0.5) is 0 Å². The molecule has 0 spiro atoms. The Kier molecular flexibility index (Phi) is 3.34. The van der Waals surface area contributed by atoms with Crippen molar-refractivity contribution in [3.63, 3.8) is 0 Å². The Morgan fingerprint density at radius 3 is 2.45 bits per heavy atom. The minimum atomic E-state index is -4.04. The van der Waals surface area contributed by atoms with Crippen molar-refractivity contribution in [2.45, 2.75) is 0 Å². The van der Waals surface area contributed by atoms with Crippen molar-refractivity contribution in [2.75, 3.05) is 6.26 Å². The molecule has 2 rings (SSSR count). The van der Waals surface area contributed by atoms with Crippen molar-refractivity contribution in [1.82, 2.24) is 3.97 Å². The van der Waals surface area contributed by atoms with E-state index in [1.807, 2.05) is 0 Å². The highest BCUT2D eigenvalue weighted by Crippen LogP contribution is 2.33. The van der Waals surface area contributed by atoms with Crippen molar-refractivity contribution in [1.29, 1.82) is 0 Å². The summed E-state index contributed by atoms with van der Waals surface area (Å²) < 4.78 is 24.1. The first-order valence-electron chi connectivity index (χ1n) is 5.16. The monoisotopic (exact) mass is 361 g/mol. The summed E-state index contributed by atoms with van der Waals surface area (Å²) in [6, 6.07) is 4.26. The van der Waals surface area contributed by atoms with Crippen LogP contribution in [0, 0.1) is 0 Å². The number of fused-ring (bicyclic) bond motifs is 1. The van der Waals surface area contributed by atoms with E-state index in [0.29, 0.717) is 3.97 Å². The van der Waals surface area contributed by atoms with Gasteiger partial charge >= 0.3 is 5.97 Å². The number of hydrogen-bond donors (Lipinski definition) is 2. The number of carboxylic acid groups (broad SMARTS) is 1. The molecule has 1 aromatic carbocycles. The van der Waals surface area contributed by atoms with Gasteiger partial charge in [0.05, 0.1) is 17.2 Å². The average molecular weight is 362 g/mol. The molecule has 1 aromatic heterocycles. The van der Waals surface area contributed by atoms with Crippen LogP contribution in [-0.2, 0) is 10.0 Å². The average Bonchev–Trinajstić information content (AvgIpc) is 2.25. The number of pyridine rings is 1. The third-order valence-electron chi connectivity index (χ3n) is 2.63. The zero-order chi connectivity index (χ0) is 15.2. The second-order valence-corrected chi connectivity index (χ2v) is 6.68. The van der Waals surface area contributed by atoms with Crippen LogP contribution >= 0.6 is 15.9 Å². The molecular formula is C11H8BrNO6S. The number of aromatic hydroxyl groups is 1. The Hall–Kier alpha value is -1.87. The Balaban J connectivity index is 3.27. The fraction of sp³-hybridized carbons (Fsp3) is 0.0909. The molecule has 0 atom stereocenters. The third kappa shape index (κ3) is 2.08. The standard InChI is InChI=1S/C11H8BrNO6S/c1-20(18,19)13-6-4-2-3-5(12)7(6)9(14)8(10(13)15)11(16)17/h2-4,14H,1H3,(H,16,17). The van der Waals surface area contributed by atoms with Gasteiger partial charge in [-0.25, -0.2) is 17.2 Å². The number of rotatable bonds is 2. The van der Waals surface area contributed by atoms with Crippen LogP contribution in [-0.4, -0.2) is 34.8 Å². The van der Waals surface area contributed by atoms with Crippen molar-refractivity contribution in [3.8, 4) is 5.75 Å². The van der Waals surface area contributed by atoms with Crippen molar-refractivity contribution >= 4 is 42.8 Å². The van der Waals surface area contributed by atoms with Gasteiger partial charge in [-0.3, -0.25) is 4.79 Å². The molecule has 106 valence electrons. The predicted molar refractivity (Wildman–Crippen MR) is 74.8 cm³/mol. The van der Waals surface area contributed by atoms with Gasteiger partial charge in [0, 0.05) is 4.47 Å². The molecule has 0 fully saturated rings. The molecule has 0 amide bonds. The second kappa shape index (κ2) is 4.60. The largest absolute Gasteiger partial charge is 0.506 e. The molecule has 7 nitrogen and oxygen atoms in total. The molecule has 0 unspecified atom stereocenters. The van der Waals surface area contributed by atoms with E-state index in [2.05, 4.69) is 15.9 Å². The Morgan fingerprint density at radius 1 is 1.35 bits per heavy atom. The van der Waals surface area contributed by atoms with E-state index in [1.165, 1.54) is 18.2 Å². The van der Waals surface area contributed by atoms with Crippen LogP contribution in [0.15, 0.2) is 27.5 Å². The van der Waals surface area contributed by atoms with E-state index in [0.717, 1.165) is 6.26 Å². The Morgan fingerprint density at radius 2 is 1.95 bits per heavy atom. The smallest absolute Gasteiger partial charge is 0.345 e. The van der Waals surface area contributed by atoms with Crippen LogP contribution in [0.1, 0.15) is 10.4 Å². The van der Waals surface area contributed by atoms with Crippen molar-refractivity contribution < 1.29 is 23.4 Å². The first-order valence-corrected chi connectivity index (χ1v) is 7.80. The molecule has 0 saturated carbocycles. The van der Waals surface area contributed by atoms with E-state index in [1.54, 1.807) is 0 Å². The van der Waals surface area contributed by atoms with E-state index in [4.69, 9.17) is 5.11 Å². The minimum absolute atomic E-state index is 0.0603. The molecule has 0 aliphatic carbocycles. The Bertz CT molecular complexity index is 899. The minimum Gasteiger partial charge on any atom is -0.506 e. The fourth-order valence-corrected chi connectivity index (χ4v) is 3.32. The fourth-order valence-electron chi connectivity index (χ4n) is 1.88. The van der Waals surface area contributed by atoms with E-state index in [-0.39, 0.29) is 15.4 Å². The van der Waals surface area contributed by atoms with E-state index >= 15 is 0 Å². The number of halogens is 1. The molecular weight excluding hydrogens is 354 g/mol. The zero-order valence-electron chi connectivity index (χ0n) is 9.99. The lowest BCUT2D eigenvalue weighted by atomic mass is 10.1. The molecule has 0 saturated heterocycles. The first kappa shape index (κ1) is 14.5. The molecule has 0 aliphatic heterocycles. The molecule has 2 aromatic rings. The van der Waals surface area contributed by atoms with Gasteiger partial charge in [0.2, 0.25) is 10.0 Å². The highest BCUT2D eigenvalue weighted by Gasteiger charge is 2.26. The first-order chi connectivity index (χ1) is 9.16. The highest BCUT2D eigenvalue weighted by atomic mass is 79.9. The summed E-state index contributed by atoms with van der Waals surface area (Å²) in [4.78, 5) is 23.1. The summed E-state index contributed by atoms with van der Waals surface area (Å²) in [5.74, 6) is -2.48. The van der Waals surface area contributed by atoms with Crippen LogP contribution in [0.3, 0.4) is 0 Å². The summed E-state index contributed by atoms with van der Waals surface area (Å²) in [5.41, 5.74) is -2.40. The number of hydrogen-bond acceptors (Lipinski definition) is 5. The highest BCUT2D eigenvalue weighted by molar-refractivity contribution is 9.10. The lowest BCUT2D eigenvalue weighted by molar-refractivity contribution is 0.0692. The van der Waals surface area contributed by atoms with Gasteiger partial charge in [-0.15, -0.1) is 0 Å². The summed E-state index contributed by atoms with van der Waals surface area (Å²) in [7, 11) is -4.04. The van der Waals surface area contributed by atoms with Crippen LogP contribution in [0.25, 0.3) is 10.9 Å². The lowest BCUT2D eigenvalue weighted by Gasteiger charge is -2.12. The molecule has 0 aliphatic rings. The predicted octanol–water partition coefficient (Wildman–Crippen LogP) is 0.976. The molecule has 20 heavy (non-hydrogen) atoms. The number of aromatic carboxylic acids is 1. The summed E-state index contributed by atoms with van der Waals surface area (Å²) in [6.45, 7) is 0. The van der Waals surface area contributed by atoms with Crippen LogP contribution < -0.4 is 5.56 Å². The zero-order valence-corrected chi connectivity index (χ0v) is 12.4. The van der Waals surface area contributed by atoms with Gasteiger partial charge in [-0.1, -0.05) is 6.07 Å². The SMILES string of the molecule is CS(=O)(=O)n1c(=O)c(C(=O)O)c(O)c2c(Br)cccc21. The number of aromatic nitrogens is 1. The Labute approximate surface area is 121 Å². The van der Waals surface area contributed by atoms with Gasteiger partial charge in [-0.05, 0) is 28.1 Å². The second-order valence-electron chi connectivity index (χ2n) is 4.00. The van der Waals surface area contributed by atoms with Gasteiger partial charge in [0.25, 0.3) is 5.56 Å². The van der Waals surface area contributed by atoms with Gasteiger partial charge < -0.3 is 10.2 Å². The number of carbonyl (C=O) groups is 1. The number of nitrogens with zero attached hydrogens (tertiary/aromatic N) is 1. The molecule has 0 bridgehead atoms. The molecule has 9 heteroatoms. The maximum Gasteiger partial charge on any atom is 0.345 e. The van der Waals surface area contributed by atoms with E-state index in [9.17, 15) is 23.1 Å². The normalized spacial score (nSPS) is 11.7. The van der Waals surface area contributed by atoms with Crippen molar-refractivity contribution in [3.05, 3.63) is 38.6 Å². The van der Waals surface area contributed by atoms with Gasteiger partial charge in [-0.2, -0.15) is 0 Å². The number of benzene rings is 1. The molecule has 2 N–H and O–H groups in total. The quantitative estimate of drug-likeness (QED) is 0.823. The number of carboxylic acids is 1. The van der Waals surface area contributed by atoms with Crippen molar-refractivity contribution in [2.24, 2.45) is 0 Å². The third-order valence-corrected chi connectivity index (χ3v) is 4.31. The maximum atomic E-state index is 12.0. The van der Waals surface area contributed by atoms with E-state index < -0.39 is 32.9 Å². The molecule has 0 radical (unpaired) electrons. The topological polar surface area (TPSA) is 114 Å². The van der Waals surface area contributed by atoms with Gasteiger partial charge in [0.1, 0.15) is 5.75 Å². The maximum absolute atomic E-state index is 12.0. The summed E-state index contributed by atoms with van der Waals surface area (Å²) >= 11 is 3.09.